The van der Waals surface area contributed by atoms with Crippen molar-refractivity contribution in [2.75, 3.05) is 12.4 Å². The largest absolute Gasteiger partial charge is 0.508 e. The third-order valence-corrected chi connectivity index (χ3v) is 4.44. The molecule has 0 aliphatic carbocycles. The number of carbonyl (C=O) groups is 1. The summed E-state index contributed by atoms with van der Waals surface area (Å²) in [5, 5.41) is 33.3. The molecule has 0 spiro atoms. The highest BCUT2D eigenvalue weighted by Crippen LogP contribution is 2.18. The molecule has 0 atom stereocenters. The Balaban J connectivity index is 1.72. The van der Waals surface area contributed by atoms with Crippen molar-refractivity contribution in [2.45, 2.75) is 6.42 Å². The highest BCUT2D eigenvalue weighted by molar-refractivity contribution is 7.13. The molecule has 0 radical (unpaired) electrons. The van der Waals surface area contributed by atoms with E-state index >= 15 is 0 Å². The average molecular weight is 383 g/mol. The van der Waals surface area contributed by atoms with Crippen LogP contribution in [0.15, 0.2) is 48.5 Å². The van der Waals surface area contributed by atoms with Gasteiger partial charge in [-0.1, -0.05) is 23.5 Å². The number of methoxy groups -OCH3 is 1. The lowest BCUT2D eigenvalue weighted by Crippen LogP contribution is -2.25. The Bertz CT molecular complexity index is 1020. The van der Waals surface area contributed by atoms with E-state index in [-0.39, 0.29) is 22.8 Å². The second-order valence-corrected chi connectivity index (χ2v) is 6.59. The van der Waals surface area contributed by atoms with Crippen LogP contribution in [0.25, 0.3) is 0 Å². The predicted molar refractivity (Wildman–Crippen MR) is 102 cm³/mol. The molecule has 0 saturated carbocycles. The number of carbonyl (C=O) groups excluding carboxylic acids is 1. The summed E-state index contributed by atoms with van der Waals surface area (Å²) in [5.74, 6) is -0.0988. The number of benzene rings is 2. The molecule has 8 nitrogen and oxygen atoms in total. The molecule has 0 unspecified atom stereocenters. The number of ether oxygens (including phenoxy) is 1. The zero-order valence-electron chi connectivity index (χ0n) is 14.4. The van der Waals surface area contributed by atoms with Gasteiger partial charge in [0, 0.05) is 12.1 Å². The van der Waals surface area contributed by atoms with E-state index in [9.17, 15) is 9.90 Å². The summed E-state index contributed by atoms with van der Waals surface area (Å²) in [5.41, 5.74) is 1.98. The Labute approximate surface area is 158 Å². The molecule has 2 aromatic carbocycles. The van der Waals surface area contributed by atoms with Crippen molar-refractivity contribution in [3.63, 3.8) is 0 Å². The van der Waals surface area contributed by atoms with Gasteiger partial charge in [-0.15, -0.1) is 5.10 Å². The minimum atomic E-state index is -0.412. The van der Waals surface area contributed by atoms with Crippen molar-refractivity contribution in [3.05, 3.63) is 64.5 Å². The van der Waals surface area contributed by atoms with Crippen LogP contribution in [0.2, 0.25) is 0 Å². The van der Waals surface area contributed by atoms with Crippen LogP contribution < -0.4 is 10.1 Å². The maximum Gasteiger partial charge on any atom is 0.337 e. The number of aromatic nitrogens is 2. The molecule has 9 heteroatoms. The lowest BCUT2D eigenvalue weighted by Gasteiger charge is -2.05. The van der Waals surface area contributed by atoms with Gasteiger partial charge in [-0.05, 0) is 42.0 Å². The molecule has 4 N–H and O–H groups in total. The highest BCUT2D eigenvalue weighted by atomic mass is 32.1. The number of anilines is 2. The van der Waals surface area contributed by atoms with Gasteiger partial charge in [-0.25, -0.2) is 4.79 Å². The Hall–Kier alpha value is -3.46. The van der Waals surface area contributed by atoms with E-state index in [0.29, 0.717) is 16.4 Å². The van der Waals surface area contributed by atoms with Gasteiger partial charge >= 0.3 is 5.97 Å². The summed E-state index contributed by atoms with van der Waals surface area (Å²) in [7, 11) is 1.33. The van der Waals surface area contributed by atoms with Crippen molar-refractivity contribution < 1.29 is 14.6 Å². The Morgan fingerprint density at radius 1 is 1.22 bits per heavy atom. The lowest BCUT2D eigenvalue weighted by atomic mass is 10.1. The Kier molecular flexibility index (Phi) is 5.32. The van der Waals surface area contributed by atoms with Gasteiger partial charge in [0.05, 0.1) is 12.7 Å². The zero-order valence-corrected chi connectivity index (χ0v) is 15.2. The van der Waals surface area contributed by atoms with Crippen LogP contribution in [0.3, 0.4) is 0 Å². The summed E-state index contributed by atoms with van der Waals surface area (Å²) >= 11 is 1.10. The Morgan fingerprint density at radius 3 is 2.52 bits per heavy atom. The number of rotatable bonds is 5. The maximum absolute atomic E-state index is 11.5. The number of hydrogen-bond donors (Lipinski definition) is 4. The maximum atomic E-state index is 11.5. The number of hydrogen-bond acceptors (Lipinski definition) is 8. The molecular weight excluding hydrogens is 366 g/mol. The molecule has 3 aromatic rings. The van der Waals surface area contributed by atoms with Gasteiger partial charge in [-0.3, -0.25) is 10.8 Å². The summed E-state index contributed by atoms with van der Waals surface area (Å²) in [6, 6.07) is 13.2. The van der Waals surface area contributed by atoms with Gasteiger partial charge < -0.3 is 15.2 Å². The van der Waals surface area contributed by atoms with Gasteiger partial charge in [0.1, 0.15) is 11.6 Å². The molecule has 0 fully saturated rings. The normalized spacial score (nSPS) is 10.4. The van der Waals surface area contributed by atoms with Gasteiger partial charge in [0.25, 0.3) is 0 Å². The van der Waals surface area contributed by atoms with E-state index in [4.69, 9.17) is 10.8 Å². The minimum Gasteiger partial charge on any atom is -0.508 e. The monoisotopic (exact) mass is 383 g/mol. The molecule has 0 aliphatic rings. The summed E-state index contributed by atoms with van der Waals surface area (Å²) in [6.45, 7) is 0. The summed E-state index contributed by atoms with van der Waals surface area (Å²) < 4.78 is 5.91. The topological polar surface area (TPSA) is 124 Å². The predicted octanol–water partition coefficient (Wildman–Crippen LogP) is 2.73. The Morgan fingerprint density at radius 2 is 1.89 bits per heavy atom. The molecule has 0 aliphatic heterocycles. The van der Waals surface area contributed by atoms with Crippen LogP contribution in [0.4, 0.5) is 10.8 Å². The highest BCUT2D eigenvalue weighted by Gasteiger charge is 2.10. The quantitative estimate of drug-likeness (QED) is 0.306. The van der Waals surface area contributed by atoms with E-state index in [0.717, 1.165) is 16.9 Å². The number of phenolic OH excluding ortho intramolecular Hbond substituents is 1. The molecule has 27 heavy (non-hydrogen) atoms. The molecule has 0 amide bonds. The van der Waals surface area contributed by atoms with Crippen LogP contribution in [0.1, 0.15) is 15.9 Å². The SMILES string of the molecule is COC(=O)c1ccc(Nc2nn(C(=N)Cc3ccc(O)cc3)c(=N)s2)cc1. The second-order valence-electron chi connectivity index (χ2n) is 5.61. The fraction of sp³-hybridized carbons (Fsp3) is 0.111. The molecule has 138 valence electrons. The van der Waals surface area contributed by atoms with Crippen LogP contribution >= 0.6 is 11.3 Å². The number of aromatic hydroxyl groups is 1. The van der Waals surface area contributed by atoms with Gasteiger partial charge in [0.15, 0.2) is 0 Å². The molecule has 0 saturated heterocycles. The smallest absolute Gasteiger partial charge is 0.337 e. The van der Waals surface area contributed by atoms with E-state index in [1.54, 1.807) is 48.5 Å². The van der Waals surface area contributed by atoms with Crippen molar-refractivity contribution in [1.29, 1.82) is 10.8 Å². The third kappa shape index (κ3) is 4.39. The van der Waals surface area contributed by atoms with Crippen molar-refractivity contribution in [1.82, 2.24) is 9.78 Å². The van der Waals surface area contributed by atoms with Crippen LogP contribution in [-0.2, 0) is 11.2 Å². The first kappa shape index (κ1) is 18.3. The number of esters is 1. The van der Waals surface area contributed by atoms with Crippen molar-refractivity contribution >= 4 is 34.0 Å². The molecular formula is C18H17N5O3S. The van der Waals surface area contributed by atoms with Crippen molar-refractivity contribution in [3.8, 4) is 5.75 Å². The van der Waals surface area contributed by atoms with Crippen LogP contribution in [0, 0.1) is 10.8 Å². The minimum absolute atomic E-state index is 0.118. The van der Waals surface area contributed by atoms with Gasteiger partial charge in [0.2, 0.25) is 9.93 Å². The van der Waals surface area contributed by atoms with Gasteiger partial charge in [-0.2, -0.15) is 4.68 Å². The summed E-state index contributed by atoms with van der Waals surface area (Å²) in [4.78, 5) is 11.6. The fourth-order valence-corrected chi connectivity index (χ4v) is 3.05. The van der Waals surface area contributed by atoms with Crippen molar-refractivity contribution in [2.24, 2.45) is 0 Å². The third-order valence-electron chi connectivity index (χ3n) is 3.70. The van der Waals surface area contributed by atoms with E-state index in [2.05, 4.69) is 15.2 Å². The standard InChI is InChI=1S/C18H17N5O3S/c1-26-16(25)12-4-6-13(7-5-12)21-18-22-23(17(20)27-18)15(19)10-11-2-8-14(24)9-3-11/h2-9,19-20,24H,10H2,1H3,(H,21,22). The molecule has 1 heterocycles. The average Bonchev–Trinajstić information content (AvgIpc) is 3.04. The first-order chi connectivity index (χ1) is 13.0. The van der Waals surface area contributed by atoms with E-state index in [1.807, 2.05) is 0 Å². The first-order valence-electron chi connectivity index (χ1n) is 7.92. The lowest BCUT2D eigenvalue weighted by molar-refractivity contribution is 0.0601. The number of nitrogens with zero attached hydrogens (tertiary/aromatic N) is 2. The number of nitrogens with one attached hydrogen (secondary N) is 3. The van der Waals surface area contributed by atoms with E-state index < -0.39 is 5.97 Å². The zero-order chi connectivity index (χ0) is 19.4. The van der Waals surface area contributed by atoms with E-state index in [1.165, 1.54) is 11.8 Å². The molecule has 0 bridgehead atoms. The fourth-order valence-electron chi connectivity index (χ4n) is 2.34. The van der Waals surface area contributed by atoms with Crippen LogP contribution in [0.5, 0.6) is 5.75 Å². The first-order valence-corrected chi connectivity index (χ1v) is 8.74. The molecule has 1 aromatic heterocycles. The number of phenols is 1. The molecule has 3 rings (SSSR count). The van der Waals surface area contributed by atoms with Crippen LogP contribution in [-0.4, -0.2) is 33.8 Å². The summed E-state index contributed by atoms with van der Waals surface area (Å²) in [6.07, 6.45) is 0.286. The second kappa shape index (κ2) is 7.83.